The Morgan fingerprint density at radius 1 is 1.15 bits per heavy atom. The highest BCUT2D eigenvalue weighted by atomic mass is 35.5. The van der Waals surface area contributed by atoms with E-state index < -0.39 is 11.7 Å². The Bertz CT molecular complexity index is 1190. The summed E-state index contributed by atoms with van der Waals surface area (Å²) in [5.74, 6) is 0.158. The van der Waals surface area contributed by atoms with Gasteiger partial charge < -0.3 is 15.2 Å². The Morgan fingerprint density at radius 2 is 1.82 bits per heavy atom. The molecule has 2 atom stereocenters. The highest BCUT2D eigenvalue weighted by Gasteiger charge is 2.53. The van der Waals surface area contributed by atoms with E-state index in [0.717, 1.165) is 31.6 Å². The molecular weight excluding hydrogens is 452 g/mol. The summed E-state index contributed by atoms with van der Waals surface area (Å²) in [4.78, 5) is 43.4. The van der Waals surface area contributed by atoms with Crippen LogP contribution in [0.3, 0.4) is 0 Å². The van der Waals surface area contributed by atoms with E-state index in [2.05, 4.69) is 22.5 Å². The Labute approximate surface area is 204 Å². The summed E-state index contributed by atoms with van der Waals surface area (Å²) in [6.07, 6.45) is 7.37. The van der Waals surface area contributed by atoms with Crippen molar-refractivity contribution in [1.82, 2.24) is 14.9 Å². The fourth-order valence-corrected chi connectivity index (χ4v) is 7.47. The van der Waals surface area contributed by atoms with E-state index in [-0.39, 0.29) is 22.8 Å². The lowest BCUT2D eigenvalue weighted by Crippen LogP contribution is -2.59. The van der Waals surface area contributed by atoms with Crippen LogP contribution in [0.25, 0.3) is 0 Å². The first-order chi connectivity index (χ1) is 16.1. The van der Waals surface area contributed by atoms with E-state index in [1.54, 1.807) is 37.6 Å². The molecule has 4 fully saturated rings. The van der Waals surface area contributed by atoms with Gasteiger partial charge in [0, 0.05) is 30.7 Å². The summed E-state index contributed by atoms with van der Waals surface area (Å²) in [5, 5.41) is 6.19. The number of aromatic nitrogens is 2. The first kappa shape index (κ1) is 23.1. The molecule has 0 aromatic carbocycles. The molecule has 6 rings (SSSR count). The minimum Gasteiger partial charge on any atom is -0.346 e. The largest absolute Gasteiger partial charge is 0.346 e. The molecule has 8 heteroatoms. The normalized spacial score (nSPS) is 29.2. The summed E-state index contributed by atoms with van der Waals surface area (Å²) >= 11 is 5.92. The molecule has 0 spiro atoms. The highest BCUT2D eigenvalue weighted by molar-refractivity contribution is 6.43. The Balaban J connectivity index is 1.35. The zero-order valence-electron chi connectivity index (χ0n) is 20.1. The van der Waals surface area contributed by atoms with Gasteiger partial charge in [0.1, 0.15) is 5.15 Å². The SMILES string of the molecule is Cc1c(C(=O)Nc2ccnc(Cl)c2)c(C)n(C)c1C(=O)C(=O)NC1C2CC3CC1CC(C)(C3)C2. The van der Waals surface area contributed by atoms with Gasteiger partial charge in [-0.25, -0.2) is 4.98 Å². The number of ketones is 1. The lowest BCUT2D eigenvalue weighted by atomic mass is 9.48. The molecule has 0 aliphatic heterocycles. The minimum absolute atomic E-state index is 0.0713. The number of amides is 2. The van der Waals surface area contributed by atoms with E-state index >= 15 is 0 Å². The Morgan fingerprint density at radius 3 is 2.44 bits per heavy atom. The summed E-state index contributed by atoms with van der Waals surface area (Å²) in [5.41, 5.74) is 2.66. The number of nitrogens with zero attached hydrogens (tertiary/aromatic N) is 2. The van der Waals surface area contributed by atoms with Crippen molar-refractivity contribution in [2.24, 2.45) is 30.2 Å². The minimum atomic E-state index is -0.589. The van der Waals surface area contributed by atoms with Gasteiger partial charge in [0.2, 0.25) is 0 Å². The number of Topliss-reactive ketones (excluding diaryl/α,β-unsaturated/α-hetero) is 1. The Kier molecular flexibility index (Phi) is 5.58. The van der Waals surface area contributed by atoms with Gasteiger partial charge in [0.05, 0.1) is 11.3 Å². The molecule has 7 nitrogen and oxygen atoms in total. The standard InChI is InChI=1S/C26H31ClN4O3/c1-13-20(24(33)29-18-5-6-28-19(27)9-18)14(2)31(4)22(13)23(32)25(34)30-21-16-7-15-8-17(21)12-26(3,10-15)11-16/h5-6,9,15-17,21H,7-8,10-12H2,1-4H3,(H,30,34)(H,28,29,33). The smallest absolute Gasteiger partial charge is 0.294 e. The zero-order chi connectivity index (χ0) is 24.4. The molecule has 2 unspecified atom stereocenters. The molecule has 0 saturated heterocycles. The van der Waals surface area contributed by atoms with Crippen molar-refractivity contribution < 1.29 is 14.4 Å². The van der Waals surface area contributed by atoms with Crippen LogP contribution < -0.4 is 10.6 Å². The van der Waals surface area contributed by atoms with Gasteiger partial charge in [-0.05, 0) is 86.8 Å². The molecule has 34 heavy (non-hydrogen) atoms. The molecule has 2 amide bonds. The summed E-state index contributed by atoms with van der Waals surface area (Å²) in [7, 11) is 1.71. The maximum Gasteiger partial charge on any atom is 0.294 e. The second-order valence-corrected chi connectivity index (χ2v) is 11.3. The van der Waals surface area contributed by atoms with Crippen molar-refractivity contribution >= 4 is 34.9 Å². The number of carbonyl (C=O) groups is 3. The van der Waals surface area contributed by atoms with Gasteiger partial charge in [-0.1, -0.05) is 18.5 Å². The Hall–Kier alpha value is -2.67. The number of rotatable bonds is 5. The van der Waals surface area contributed by atoms with Gasteiger partial charge in [0.15, 0.2) is 0 Å². The number of carbonyl (C=O) groups excluding carboxylic acids is 3. The van der Waals surface area contributed by atoms with Gasteiger partial charge in [-0.2, -0.15) is 0 Å². The number of halogens is 1. The number of hydrogen-bond donors (Lipinski definition) is 2. The van der Waals surface area contributed by atoms with Crippen molar-refractivity contribution in [3.8, 4) is 0 Å². The van der Waals surface area contributed by atoms with Crippen molar-refractivity contribution in [3.63, 3.8) is 0 Å². The van der Waals surface area contributed by atoms with E-state index in [4.69, 9.17) is 11.6 Å². The van der Waals surface area contributed by atoms with E-state index in [1.165, 1.54) is 12.6 Å². The van der Waals surface area contributed by atoms with Crippen LogP contribution in [0.1, 0.15) is 71.1 Å². The highest BCUT2D eigenvalue weighted by Crippen LogP contribution is 2.59. The predicted molar refractivity (Wildman–Crippen MR) is 130 cm³/mol. The third-order valence-electron chi connectivity index (χ3n) is 8.44. The van der Waals surface area contributed by atoms with E-state index in [0.29, 0.717) is 39.8 Å². The molecule has 0 radical (unpaired) electrons. The maximum atomic E-state index is 13.3. The molecule has 180 valence electrons. The van der Waals surface area contributed by atoms with Crippen LogP contribution in [0.4, 0.5) is 5.69 Å². The average Bonchev–Trinajstić information content (AvgIpc) is 2.97. The van der Waals surface area contributed by atoms with E-state index in [9.17, 15) is 14.4 Å². The molecule has 2 N–H and O–H groups in total. The third-order valence-corrected chi connectivity index (χ3v) is 8.65. The summed E-state index contributed by atoms with van der Waals surface area (Å²) in [6, 6.07) is 3.27. The van der Waals surface area contributed by atoms with E-state index in [1.807, 2.05) is 0 Å². The summed E-state index contributed by atoms with van der Waals surface area (Å²) < 4.78 is 1.64. The molecule has 2 aromatic heterocycles. The summed E-state index contributed by atoms with van der Waals surface area (Å²) in [6.45, 7) is 5.87. The number of hydrogen-bond acceptors (Lipinski definition) is 4. The van der Waals surface area contributed by atoms with Crippen LogP contribution >= 0.6 is 11.6 Å². The fourth-order valence-electron chi connectivity index (χ4n) is 7.30. The second-order valence-electron chi connectivity index (χ2n) is 10.9. The van der Waals surface area contributed by atoms with Gasteiger partial charge in [-0.3, -0.25) is 14.4 Å². The van der Waals surface area contributed by atoms with Crippen LogP contribution in [0.5, 0.6) is 0 Å². The number of anilines is 1. The molecule has 4 bridgehead atoms. The number of pyridine rings is 1. The van der Waals surface area contributed by atoms with Crippen LogP contribution in [0.15, 0.2) is 18.3 Å². The van der Waals surface area contributed by atoms with Gasteiger partial charge in [0.25, 0.3) is 17.6 Å². The quantitative estimate of drug-likeness (QED) is 0.374. The molecule has 4 aliphatic carbocycles. The van der Waals surface area contributed by atoms with Crippen LogP contribution in [-0.4, -0.2) is 33.2 Å². The van der Waals surface area contributed by atoms with Crippen molar-refractivity contribution in [1.29, 1.82) is 0 Å². The van der Waals surface area contributed by atoms with Gasteiger partial charge in [-0.15, -0.1) is 0 Å². The van der Waals surface area contributed by atoms with Crippen molar-refractivity contribution in [2.45, 2.75) is 58.9 Å². The second kappa shape index (κ2) is 8.22. The van der Waals surface area contributed by atoms with Gasteiger partial charge >= 0.3 is 0 Å². The lowest BCUT2D eigenvalue weighted by molar-refractivity contribution is -0.123. The molecule has 4 aliphatic rings. The zero-order valence-corrected chi connectivity index (χ0v) is 20.8. The van der Waals surface area contributed by atoms with Crippen molar-refractivity contribution in [2.75, 3.05) is 5.32 Å². The average molecular weight is 483 g/mol. The maximum absolute atomic E-state index is 13.3. The van der Waals surface area contributed by atoms with Crippen molar-refractivity contribution in [3.05, 3.63) is 46.0 Å². The lowest BCUT2D eigenvalue weighted by Gasteiger charge is -2.59. The molecular formula is C26H31ClN4O3. The van der Waals surface area contributed by atoms with Crippen LogP contribution in [0.2, 0.25) is 5.15 Å². The molecule has 4 saturated carbocycles. The first-order valence-corrected chi connectivity index (χ1v) is 12.4. The molecule has 2 heterocycles. The van der Waals surface area contributed by atoms with Crippen LogP contribution in [-0.2, 0) is 11.8 Å². The topological polar surface area (TPSA) is 93.1 Å². The monoisotopic (exact) mass is 482 g/mol. The fraction of sp³-hybridized carbons (Fsp3) is 0.538. The third kappa shape index (κ3) is 3.84. The molecule has 2 aromatic rings. The van der Waals surface area contributed by atoms with Crippen LogP contribution in [0, 0.1) is 37.0 Å². The predicted octanol–water partition coefficient (Wildman–Crippen LogP) is 4.46. The first-order valence-electron chi connectivity index (χ1n) is 12.0. The number of nitrogens with one attached hydrogen (secondary N) is 2.